The number of carbonyl (C=O) groups is 1. The van der Waals surface area contributed by atoms with E-state index in [2.05, 4.69) is 53.6 Å². The molecular weight excluding hydrogens is 478 g/mol. The molecule has 2 aromatic rings. The molecule has 1 unspecified atom stereocenters. The van der Waals surface area contributed by atoms with Gasteiger partial charge in [0, 0.05) is 30.4 Å². The smallest absolute Gasteiger partial charge is 0.413 e. The summed E-state index contributed by atoms with van der Waals surface area (Å²) in [6.07, 6.45) is 9.22. The number of hydrogen-bond acceptors (Lipinski definition) is 6. The fourth-order valence-electron chi connectivity index (χ4n) is 5.02. The van der Waals surface area contributed by atoms with Gasteiger partial charge in [-0.3, -0.25) is 9.88 Å². The van der Waals surface area contributed by atoms with E-state index in [-0.39, 0.29) is 17.2 Å². The quantitative estimate of drug-likeness (QED) is 0.383. The molecular formula is C30H39N5O3. The lowest BCUT2D eigenvalue weighted by molar-refractivity contribution is 0.0734. The van der Waals surface area contributed by atoms with Gasteiger partial charge in [-0.05, 0) is 70.1 Å². The minimum atomic E-state index is -1.16. The van der Waals surface area contributed by atoms with Gasteiger partial charge in [0.15, 0.2) is 5.82 Å². The number of rotatable bonds is 9. The molecule has 2 atom stereocenters. The third-order valence-electron chi connectivity index (χ3n) is 7.35. The van der Waals surface area contributed by atoms with Crippen LogP contribution in [-0.2, 0) is 5.60 Å². The van der Waals surface area contributed by atoms with E-state index in [9.17, 15) is 20.3 Å². The van der Waals surface area contributed by atoms with Crippen LogP contribution in [0.3, 0.4) is 0 Å². The molecule has 2 N–H and O–H groups in total. The largest absolute Gasteiger partial charge is 0.465 e. The van der Waals surface area contributed by atoms with E-state index < -0.39 is 11.7 Å². The number of benzene rings is 1. The Hall–Kier alpha value is -3.70. The molecule has 3 rings (SSSR count). The zero-order valence-electron chi connectivity index (χ0n) is 23.1. The van der Waals surface area contributed by atoms with Crippen molar-refractivity contribution in [1.29, 1.82) is 5.26 Å². The van der Waals surface area contributed by atoms with Crippen LogP contribution in [-0.4, -0.2) is 39.4 Å². The highest BCUT2D eigenvalue weighted by atomic mass is 16.4. The molecule has 0 radical (unpaired) electrons. The normalized spacial score (nSPS) is 19.8. The Kier molecular flexibility index (Phi) is 8.95. The van der Waals surface area contributed by atoms with E-state index >= 15 is 0 Å². The fraction of sp³-hybridized carbons (Fsp3) is 0.467. The van der Waals surface area contributed by atoms with Crippen molar-refractivity contribution in [1.82, 2.24) is 9.97 Å². The van der Waals surface area contributed by atoms with E-state index in [1.807, 2.05) is 25.1 Å². The number of anilines is 2. The van der Waals surface area contributed by atoms with Crippen molar-refractivity contribution in [2.24, 2.45) is 11.3 Å². The van der Waals surface area contributed by atoms with Gasteiger partial charge in [-0.1, -0.05) is 38.1 Å². The summed E-state index contributed by atoms with van der Waals surface area (Å²) in [5.41, 5.74) is 2.78. The van der Waals surface area contributed by atoms with Gasteiger partial charge >= 0.3 is 6.09 Å². The van der Waals surface area contributed by atoms with E-state index in [0.29, 0.717) is 24.3 Å². The lowest BCUT2D eigenvalue weighted by Gasteiger charge is -2.44. The molecule has 1 aliphatic rings. The van der Waals surface area contributed by atoms with Crippen LogP contribution in [0.1, 0.15) is 70.2 Å². The molecule has 202 valence electrons. The number of nitriles is 1. The van der Waals surface area contributed by atoms with Gasteiger partial charge in [0.05, 0.1) is 29.7 Å². The molecule has 0 saturated heterocycles. The number of nitrogens with zero attached hydrogens (tertiary/aromatic N) is 5. The van der Waals surface area contributed by atoms with Crippen LogP contribution in [0.15, 0.2) is 55.0 Å². The van der Waals surface area contributed by atoms with Crippen molar-refractivity contribution in [3.05, 3.63) is 71.8 Å². The predicted molar refractivity (Wildman–Crippen MR) is 150 cm³/mol. The topological polar surface area (TPSA) is 114 Å². The van der Waals surface area contributed by atoms with Crippen LogP contribution in [0.2, 0.25) is 0 Å². The molecule has 1 aliphatic carbocycles. The minimum absolute atomic E-state index is 0.0981. The molecule has 1 heterocycles. The summed E-state index contributed by atoms with van der Waals surface area (Å²) < 4.78 is 0. The molecule has 0 aliphatic heterocycles. The standard InChI is InChI=1S/C30H39N5O3/c1-7-8-13-34(25-14-23(16-31)11-9-21(25)2)20-30(6)15-24(12-10-22(30)3)19-35(28(36)37)27-18-32-26(17-33-27)29(4,5)38/h8-9,11,13-14,17-18,24,38H,3,7,10,12,15,19-20H2,1-2,4-6H3,(H,36,37)/b13-8-/t24?,30-/m0/s1. The van der Waals surface area contributed by atoms with Crippen LogP contribution >= 0.6 is 0 Å². The molecule has 1 saturated carbocycles. The maximum absolute atomic E-state index is 12.2. The van der Waals surface area contributed by atoms with Crippen molar-refractivity contribution >= 4 is 17.6 Å². The Labute approximate surface area is 226 Å². The van der Waals surface area contributed by atoms with Crippen LogP contribution in [0.4, 0.5) is 16.3 Å². The number of allylic oxidation sites excluding steroid dienone is 1. The average Bonchev–Trinajstić information content (AvgIpc) is 2.87. The first-order valence-corrected chi connectivity index (χ1v) is 13.1. The minimum Gasteiger partial charge on any atom is -0.465 e. The van der Waals surface area contributed by atoms with E-state index in [1.165, 1.54) is 17.3 Å². The predicted octanol–water partition coefficient (Wildman–Crippen LogP) is 6.16. The monoisotopic (exact) mass is 517 g/mol. The molecule has 8 nitrogen and oxygen atoms in total. The second kappa shape index (κ2) is 11.8. The number of carboxylic acid groups (broad SMARTS) is 1. The number of amides is 1. The number of aryl methyl sites for hydroxylation is 1. The zero-order chi connectivity index (χ0) is 28.1. The van der Waals surface area contributed by atoms with Crippen molar-refractivity contribution in [2.75, 3.05) is 22.9 Å². The van der Waals surface area contributed by atoms with Crippen LogP contribution in [0.25, 0.3) is 0 Å². The van der Waals surface area contributed by atoms with Gasteiger partial charge in [-0.2, -0.15) is 5.26 Å². The van der Waals surface area contributed by atoms with Gasteiger partial charge < -0.3 is 15.1 Å². The van der Waals surface area contributed by atoms with Crippen LogP contribution < -0.4 is 9.80 Å². The second-order valence-corrected chi connectivity index (χ2v) is 11.0. The summed E-state index contributed by atoms with van der Waals surface area (Å²) in [4.78, 5) is 24.2. The first kappa shape index (κ1) is 28.9. The SMILES string of the molecule is C=C1CCC(CN(C(=O)O)c2cnc(C(C)(C)O)cn2)C[C@@]1(C)CN(/C=C\CC)c1cc(C#N)ccc1C. The molecule has 8 heteroatoms. The summed E-state index contributed by atoms with van der Waals surface area (Å²) >= 11 is 0. The van der Waals surface area contributed by atoms with Gasteiger partial charge in [-0.25, -0.2) is 9.78 Å². The highest BCUT2D eigenvalue weighted by Gasteiger charge is 2.38. The zero-order valence-corrected chi connectivity index (χ0v) is 23.1. The number of hydrogen-bond donors (Lipinski definition) is 2. The van der Waals surface area contributed by atoms with Gasteiger partial charge in [-0.15, -0.1) is 0 Å². The maximum atomic E-state index is 12.2. The van der Waals surface area contributed by atoms with Crippen molar-refractivity contribution in [3.63, 3.8) is 0 Å². The van der Waals surface area contributed by atoms with Gasteiger partial charge in [0.1, 0.15) is 5.60 Å². The second-order valence-electron chi connectivity index (χ2n) is 11.0. The summed E-state index contributed by atoms with van der Waals surface area (Å²) in [6, 6.07) is 7.96. The Morgan fingerprint density at radius 2 is 2.08 bits per heavy atom. The number of aromatic nitrogens is 2. The van der Waals surface area contributed by atoms with E-state index in [0.717, 1.165) is 42.5 Å². The average molecular weight is 518 g/mol. The van der Waals surface area contributed by atoms with E-state index in [1.54, 1.807) is 13.8 Å². The lowest BCUT2D eigenvalue weighted by Crippen LogP contribution is -2.43. The summed E-state index contributed by atoms with van der Waals surface area (Å²) in [6.45, 7) is 14.9. The van der Waals surface area contributed by atoms with Gasteiger partial charge in [0.2, 0.25) is 0 Å². The molecule has 0 spiro atoms. The van der Waals surface area contributed by atoms with Crippen LogP contribution in [0.5, 0.6) is 0 Å². The molecule has 38 heavy (non-hydrogen) atoms. The molecule has 1 aromatic heterocycles. The maximum Gasteiger partial charge on any atom is 0.413 e. The van der Waals surface area contributed by atoms with Gasteiger partial charge in [0.25, 0.3) is 0 Å². The Bertz CT molecular complexity index is 1230. The van der Waals surface area contributed by atoms with Crippen molar-refractivity contribution in [2.45, 2.75) is 65.9 Å². The summed E-state index contributed by atoms with van der Waals surface area (Å²) in [7, 11) is 0. The highest BCUT2D eigenvalue weighted by molar-refractivity contribution is 5.84. The van der Waals surface area contributed by atoms with Crippen molar-refractivity contribution < 1.29 is 15.0 Å². The Balaban J connectivity index is 1.85. The summed E-state index contributed by atoms with van der Waals surface area (Å²) in [5, 5.41) is 29.6. The first-order valence-electron chi connectivity index (χ1n) is 13.1. The Morgan fingerprint density at radius 3 is 2.66 bits per heavy atom. The number of aliphatic hydroxyl groups is 1. The van der Waals surface area contributed by atoms with Crippen LogP contribution in [0, 0.1) is 29.6 Å². The third-order valence-corrected chi connectivity index (χ3v) is 7.35. The first-order chi connectivity index (χ1) is 17.9. The van der Waals surface area contributed by atoms with Crippen molar-refractivity contribution in [3.8, 4) is 6.07 Å². The highest BCUT2D eigenvalue weighted by Crippen LogP contribution is 2.44. The molecule has 1 aromatic carbocycles. The molecule has 0 bridgehead atoms. The molecule has 1 amide bonds. The third kappa shape index (κ3) is 6.78. The lowest BCUT2D eigenvalue weighted by atomic mass is 9.67. The Morgan fingerprint density at radius 1 is 1.34 bits per heavy atom. The van der Waals surface area contributed by atoms with E-state index in [4.69, 9.17) is 0 Å². The fourth-order valence-corrected chi connectivity index (χ4v) is 5.02. The summed E-state index contributed by atoms with van der Waals surface area (Å²) in [5.74, 6) is 0.342. The molecule has 1 fully saturated rings.